The van der Waals surface area contributed by atoms with Crippen LogP contribution in [-0.2, 0) is 4.79 Å². The zero-order valence-corrected chi connectivity index (χ0v) is 14.5. The lowest BCUT2D eigenvalue weighted by Gasteiger charge is -2.21. The maximum absolute atomic E-state index is 14.4. The smallest absolute Gasteiger partial charge is 0.341 e. The molecule has 0 atom stereocenters. The molecule has 0 aliphatic rings. The molecule has 6 heteroatoms. The van der Waals surface area contributed by atoms with Crippen LogP contribution in [0.2, 0.25) is 0 Å². The van der Waals surface area contributed by atoms with E-state index in [0.717, 1.165) is 0 Å². The largest absolute Gasteiger partial charge is 0.482 e. The Morgan fingerprint density at radius 3 is 2.48 bits per heavy atom. The van der Waals surface area contributed by atoms with Gasteiger partial charge in [0.15, 0.2) is 6.61 Å². The second-order valence-corrected chi connectivity index (χ2v) is 5.92. The summed E-state index contributed by atoms with van der Waals surface area (Å²) in [7, 11) is 1.68. The summed E-state index contributed by atoms with van der Waals surface area (Å²) >= 11 is 0. The minimum absolute atomic E-state index is 0.298. The van der Waals surface area contributed by atoms with E-state index in [1.54, 1.807) is 60.5 Å². The van der Waals surface area contributed by atoms with E-state index in [-0.39, 0.29) is 5.82 Å². The molecule has 27 heavy (non-hydrogen) atoms. The zero-order chi connectivity index (χ0) is 19.4. The highest BCUT2D eigenvalue weighted by atomic mass is 19.1. The average molecular weight is 369 g/mol. The fourth-order valence-corrected chi connectivity index (χ4v) is 2.68. The summed E-state index contributed by atoms with van der Waals surface area (Å²) < 4.78 is 33.1. The van der Waals surface area contributed by atoms with Crippen molar-refractivity contribution in [2.45, 2.75) is 0 Å². The highest BCUT2D eigenvalue weighted by molar-refractivity contribution is 5.73. The van der Waals surface area contributed by atoms with E-state index in [1.165, 1.54) is 18.2 Å². The Kier molecular flexibility index (Phi) is 5.35. The van der Waals surface area contributed by atoms with Gasteiger partial charge in [-0.25, -0.2) is 13.6 Å². The van der Waals surface area contributed by atoms with Crippen LogP contribution >= 0.6 is 0 Å². The molecule has 3 aromatic rings. The maximum Gasteiger partial charge on any atom is 0.341 e. The van der Waals surface area contributed by atoms with Gasteiger partial charge in [0.05, 0.1) is 5.69 Å². The van der Waals surface area contributed by atoms with Crippen LogP contribution in [-0.4, -0.2) is 24.7 Å². The van der Waals surface area contributed by atoms with Crippen molar-refractivity contribution in [1.82, 2.24) is 0 Å². The van der Waals surface area contributed by atoms with Gasteiger partial charge in [-0.1, -0.05) is 24.3 Å². The van der Waals surface area contributed by atoms with E-state index in [1.807, 2.05) is 0 Å². The van der Waals surface area contributed by atoms with Crippen molar-refractivity contribution in [2.75, 3.05) is 18.6 Å². The maximum atomic E-state index is 14.4. The number of carbonyl (C=O) groups is 1. The minimum Gasteiger partial charge on any atom is -0.482 e. The molecule has 0 heterocycles. The Balaban J connectivity index is 1.92. The number of carboxylic acid groups (broad SMARTS) is 1. The van der Waals surface area contributed by atoms with Gasteiger partial charge < -0.3 is 14.7 Å². The molecule has 0 unspecified atom stereocenters. The molecule has 0 radical (unpaired) electrons. The third kappa shape index (κ3) is 4.41. The predicted octanol–water partition coefficient (Wildman–Crippen LogP) is 4.86. The molecule has 4 nitrogen and oxygen atoms in total. The van der Waals surface area contributed by atoms with Crippen LogP contribution in [0.25, 0.3) is 11.1 Å². The second-order valence-electron chi connectivity index (χ2n) is 5.92. The van der Waals surface area contributed by atoms with Gasteiger partial charge in [0.1, 0.15) is 17.4 Å². The van der Waals surface area contributed by atoms with E-state index in [9.17, 15) is 13.6 Å². The lowest BCUT2D eigenvalue weighted by molar-refractivity contribution is -0.139. The summed E-state index contributed by atoms with van der Waals surface area (Å²) in [5.41, 5.74) is 2.24. The first-order valence-electron chi connectivity index (χ1n) is 8.18. The predicted molar refractivity (Wildman–Crippen MR) is 99.4 cm³/mol. The number of anilines is 2. The fraction of sp³-hybridized carbons (Fsp3) is 0.0952. The summed E-state index contributed by atoms with van der Waals surface area (Å²) in [6, 6.07) is 17.3. The van der Waals surface area contributed by atoms with Gasteiger partial charge in [0.2, 0.25) is 0 Å². The molecule has 0 saturated carbocycles. The summed E-state index contributed by atoms with van der Waals surface area (Å²) in [6.07, 6.45) is 0. The summed E-state index contributed by atoms with van der Waals surface area (Å²) in [6.45, 7) is -0.462. The van der Waals surface area contributed by atoms with Gasteiger partial charge in [-0.15, -0.1) is 0 Å². The Bertz CT molecular complexity index is 975. The molecule has 1 N–H and O–H groups in total. The first-order chi connectivity index (χ1) is 12.9. The number of aliphatic carboxylic acids is 1. The molecular weight excluding hydrogens is 352 g/mol. The lowest BCUT2D eigenvalue weighted by Crippen LogP contribution is -2.12. The van der Waals surface area contributed by atoms with E-state index in [0.29, 0.717) is 28.3 Å². The van der Waals surface area contributed by atoms with E-state index >= 15 is 0 Å². The van der Waals surface area contributed by atoms with Crippen molar-refractivity contribution >= 4 is 17.3 Å². The van der Waals surface area contributed by atoms with Crippen LogP contribution in [0, 0.1) is 11.6 Å². The van der Waals surface area contributed by atoms with Crippen molar-refractivity contribution < 1.29 is 23.4 Å². The van der Waals surface area contributed by atoms with E-state index < -0.39 is 18.4 Å². The third-order valence-corrected chi connectivity index (χ3v) is 4.03. The molecule has 0 bridgehead atoms. The Morgan fingerprint density at radius 1 is 1.00 bits per heavy atom. The van der Waals surface area contributed by atoms with Crippen molar-refractivity contribution in [2.24, 2.45) is 0 Å². The van der Waals surface area contributed by atoms with Crippen LogP contribution in [0.1, 0.15) is 0 Å². The lowest BCUT2D eigenvalue weighted by atomic mass is 10.0. The molecule has 0 aliphatic carbocycles. The summed E-state index contributed by atoms with van der Waals surface area (Å²) in [5.74, 6) is -1.52. The quantitative estimate of drug-likeness (QED) is 0.674. The number of hydrogen-bond acceptors (Lipinski definition) is 3. The van der Waals surface area contributed by atoms with Gasteiger partial charge >= 0.3 is 5.97 Å². The second kappa shape index (κ2) is 7.86. The summed E-state index contributed by atoms with van der Waals surface area (Å²) in [4.78, 5) is 12.3. The van der Waals surface area contributed by atoms with Crippen molar-refractivity contribution in [3.63, 3.8) is 0 Å². The Morgan fingerprint density at radius 2 is 1.74 bits per heavy atom. The van der Waals surface area contributed by atoms with Crippen molar-refractivity contribution in [3.05, 3.63) is 78.4 Å². The van der Waals surface area contributed by atoms with E-state index in [2.05, 4.69) is 0 Å². The molecule has 0 saturated heterocycles. The molecule has 0 fully saturated rings. The molecule has 3 aromatic carbocycles. The van der Waals surface area contributed by atoms with Crippen LogP contribution in [0.5, 0.6) is 5.75 Å². The number of rotatable bonds is 6. The number of ether oxygens (including phenoxy) is 1. The molecule has 3 rings (SSSR count). The number of benzene rings is 3. The first-order valence-corrected chi connectivity index (χ1v) is 8.18. The van der Waals surface area contributed by atoms with Crippen LogP contribution in [0.15, 0.2) is 66.7 Å². The van der Waals surface area contributed by atoms with Gasteiger partial charge in [-0.2, -0.15) is 0 Å². The van der Waals surface area contributed by atoms with E-state index in [4.69, 9.17) is 9.84 Å². The molecule has 0 aromatic heterocycles. The standard InChI is InChI=1S/C21H17F2NO3/c1-24(17-6-3-7-18(12-17)27-13-21(25)26)20-11-15(8-9-19(20)23)14-4-2-5-16(22)10-14/h2-12H,13H2,1H3,(H,25,26). The number of carboxylic acids is 1. The first kappa shape index (κ1) is 18.4. The molecule has 138 valence electrons. The van der Waals surface area contributed by atoms with Gasteiger partial charge in [0.25, 0.3) is 0 Å². The summed E-state index contributed by atoms with van der Waals surface area (Å²) in [5, 5.41) is 8.71. The topological polar surface area (TPSA) is 49.8 Å². The normalized spacial score (nSPS) is 10.5. The highest BCUT2D eigenvalue weighted by Gasteiger charge is 2.13. The third-order valence-electron chi connectivity index (χ3n) is 4.03. The Hall–Kier alpha value is -3.41. The highest BCUT2D eigenvalue weighted by Crippen LogP contribution is 2.32. The molecule has 0 aliphatic heterocycles. The van der Waals surface area contributed by atoms with Crippen LogP contribution < -0.4 is 9.64 Å². The Labute approximate surface area is 155 Å². The van der Waals surface area contributed by atoms with Crippen LogP contribution in [0.3, 0.4) is 0 Å². The molecule has 0 amide bonds. The number of nitrogens with zero attached hydrogens (tertiary/aromatic N) is 1. The zero-order valence-electron chi connectivity index (χ0n) is 14.5. The van der Waals surface area contributed by atoms with Crippen molar-refractivity contribution in [3.8, 4) is 16.9 Å². The number of hydrogen-bond donors (Lipinski definition) is 1. The molecule has 0 spiro atoms. The fourth-order valence-electron chi connectivity index (χ4n) is 2.68. The van der Waals surface area contributed by atoms with Crippen LogP contribution in [0.4, 0.5) is 20.2 Å². The average Bonchev–Trinajstić information content (AvgIpc) is 2.66. The minimum atomic E-state index is -1.08. The SMILES string of the molecule is CN(c1cccc(OCC(=O)O)c1)c1cc(-c2cccc(F)c2)ccc1F. The molecular formula is C21H17F2NO3. The van der Waals surface area contributed by atoms with Gasteiger partial charge in [0, 0.05) is 18.8 Å². The van der Waals surface area contributed by atoms with Gasteiger partial charge in [-0.3, -0.25) is 0 Å². The monoisotopic (exact) mass is 369 g/mol. The van der Waals surface area contributed by atoms with Crippen molar-refractivity contribution in [1.29, 1.82) is 0 Å². The number of halogens is 2. The van der Waals surface area contributed by atoms with Gasteiger partial charge in [-0.05, 0) is 47.5 Å².